The van der Waals surface area contributed by atoms with Crippen molar-refractivity contribution in [1.29, 1.82) is 0 Å². The van der Waals surface area contributed by atoms with E-state index in [9.17, 15) is 0 Å². The Labute approximate surface area is 94.8 Å². The minimum Gasteiger partial charge on any atom is -0.354 e. The van der Waals surface area contributed by atoms with Crippen molar-refractivity contribution in [2.45, 2.75) is 37.8 Å². The van der Waals surface area contributed by atoms with Crippen molar-refractivity contribution in [2.75, 3.05) is 13.2 Å². The highest BCUT2D eigenvalue weighted by molar-refractivity contribution is 6.55. The summed E-state index contributed by atoms with van der Waals surface area (Å²) in [6.07, 6.45) is 7.81. The largest absolute Gasteiger partial charge is 0.354 e. The van der Waals surface area contributed by atoms with Crippen LogP contribution in [0.25, 0.3) is 0 Å². The fourth-order valence-electron chi connectivity index (χ4n) is 2.46. The van der Waals surface area contributed by atoms with Crippen LogP contribution in [-0.4, -0.2) is 23.8 Å². The standard InChI is InChI=1S/C10H15Cl2NO/c11-9(12)8-13-6-7-14-10(13)4-2-1-3-5-10/h8H,1-7H2. The summed E-state index contributed by atoms with van der Waals surface area (Å²) in [5.41, 5.74) is -0.0900. The van der Waals surface area contributed by atoms with E-state index < -0.39 is 0 Å². The van der Waals surface area contributed by atoms with Crippen LogP contribution in [0.1, 0.15) is 32.1 Å². The van der Waals surface area contributed by atoms with Crippen molar-refractivity contribution < 1.29 is 4.74 Å². The molecular weight excluding hydrogens is 221 g/mol. The van der Waals surface area contributed by atoms with Gasteiger partial charge in [-0.05, 0) is 25.7 Å². The molecule has 1 spiro atoms. The lowest BCUT2D eigenvalue weighted by Gasteiger charge is -2.39. The van der Waals surface area contributed by atoms with E-state index in [2.05, 4.69) is 4.90 Å². The molecule has 0 atom stereocenters. The monoisotopic (exact) mass is 235 g/mol. The van der Waals surface area contributed by atoms with E-state index in [1.807, 2.05) is 0 Å². The third-order valence-electron chi connectivity index (χ3n) is 3.11. The van der Waals surface area contributed by atoms with Gasteiger partial charge >= 0.3 is 0 Å². The second kappa shape index (κ2) is 4.30. The van der Waals surface area contributed by atoms with Gasteiger partial charge in [-0.3, -0.25) is 0 Å². The number of ether oxygens (including phenoxy) is 1. The van der Waals surface area contributed by atoms with Gasteiger partial charge < -0.3 is 9.64 Å². The number of hydrogen-bond acceptors (Lipinski definition) is 2. The molecule has 0 aromatic heterocycles. The van der Waals surface area contributed by atoms with Crippen LogP contribution in [0.5, 0.6) is 0 Å². The summed E-state index contributed by atoms with van der Waals surface area (Å²) in [7, 11) is 0. The molecule has 0 amide bonds. The predicted octanol–water partition coefficient (Wildman–Crippen LogP) is 3.26. The van der Waals surface area contributed by atoms with Gasteiger partial charge in [0, 0.05) is 12.7 Å². The number of hydrogen-bond donors (Lipinski definition) is 0. The third-order valence-corrected chi connectivity index (χ3v) is 3.31. The van der Waals surface area contributed by atoms with Crippen molar-refractivity contribution in [3.63, 3.8) is 0 Å². The Morgan fingerprint density at radius 3 is 2.57 bits per heavy atom. The van der Waals surface area contributed by atoms with Gasteiger partial charge in [0.1, 0.15) is 10.2 Å². The summed E-state index contributed by atoms with van der Waals surface area (Å²) in [6, 6.07) is 0. The van der Waals surface area contributed by atoms with Gasteiger partial charge in [-0.25, -0.2) is 0 Å². The Balaban J connectivity index is 2.11. The first-order valence-electron chi connectivity index (χ1n) is 5.16. The number of halogens is 2. The zero-order valence-corrected chi connectivity index (χ0v) is 9.65. The Morgan fingerprint density at radius 1 is 1.21 bits per heavy atom. The number of nitrogens with zero attached hydrogens (tertiary/aromatic N) is 1. The molecule has 0 unspecified atom stereocenters. The Bertz CT molecular complexity index is 232. The molecule has 2 rings (SSSR count). The Morgan fingerprint density at radius 2 is 1.93 bits per heavy atom. The second-order valence-electron chi connectivity index (χ2n) is 3.97. The molecule has 0 aromatic carbocycles. The third kappa shape index (κ3) is 2.02. The zero-order chi connectivity index (χ0) is 10.0. The SMILES string of the molecule is ClC(Cl)=CN1CCOC12CCCCC2. The molecule has 4 heteroatoms. The van der Waals surface area contributed by atoms with Crippen LogP contribution in [0, 0.1) is 0 Å². The van der Waals surface area contributed by atoms with Crippen molar-refractivity contribution >= 4 is 23.2 Å². The van der Waals surface area contributed by atoms with Crippen LogP contribution in [0.3, 0.4) is 0 Å². The fourth-order valence-corrected chi connectivity index (χ4v) is 2.69. The highest BCUT2D eigenvalue weighted by atomic mass is 35.5. The van der Waals surface area contributed by atoms with E-state index in [0.29, 0.717) is 4.49 Å². The van der Waals surface area contributed by atoms with Gasteiger partial charge in [0.05, 0.1) is 6.61 Å². The molecule has 2 nitrogen and oxygen atoms in total. The lowest BCUT2D eigenvalue weighted by molar-refractivity contribution is -0.0891. The van der Waals surface area contributed by atoms with Crippen LogP contribution in [-0.2, 0) is 4.74 Å². The van der Waals surface area contributed by atoms with Crippen LogP contribution in [0.15, 0.2) is 10.7 Å². The highest BCUT2D eigenvalue weighted by Crippen LogP contribution is 2.38. The molecule has 1 saturated carbocycles. The van der Waals surface area contributed by atoms with Gasteiger partial charge in [0.25, 0.3) is 0 Å². The second-order valence-corrected chi connectivity index (χ2v) is 4.98. The molecule has 14 heavy (non-hydrogen) atoms. The van der Waals surface area contributed by atoms with Crippen LogP contribution < -0.4 is 0 Å². The van der Waals surface area contributed by atoms with Gasteiger partial charge in [0.15, 0.2) is 0 Å². The average Bonchev–Trinajstić information content (AvgIpc) is 2.50. The molecule has 0 bridgehead atoms. The molecule has 0 N–H and O–H groups in total. The minimum atomic E-state index is -0.0900. The van der Waals surface area contributed by atoms with E-state index in [1.165, 1.54) is 19.3 Å². The van der Waals surface area contributed by atoms with E-state index in [0.717, 1.165) is 26.0 Å². The van der Waals surface area contributed by atoms with Crippen LogP contribution in [0.2, 0.25) is 0 Å². The van der Waals surface area contributed by atoms with Crippen LogP contribution >= 0.6 is 23.2 Å². The van der Waals surface area contributed by atoms with Crippen LogP contribution in [0.4, 0.5) is 0 Å². The summed E-state index contributed by atoms with van der Waals surface area (Å²) >= 11 is 11.4. The summed E-state index contributed by atoms with van der Waals surface area (Å²) in [4.78, 5) is 2.17. The molecule has 2 aliphatic rings. The fraction of sp³-hybridized carbons (Fsp3) is 0.800. The lowest BCUT2D eigenvalue weighted by Crippen LogP contribution is -2.43. The topological polar surface area (TPSA) is 12.5 Å². The first-order chi connectivity index (χ1) is 6.73. The van der Waals surface area contributed by atoms with Gasteiger partial charge in [-0.15, -0.1) is 0 Å². The summed E-state index contributed by atoms with van der Waals surface area (Å²) in [6.45, 7) is 1.69. The first kappa shape index (κ1) is 10.6. The zero-order valence-electron chi connectivity index (χ0n) is 8.14. The molecule has 1 aliphatic heterocycles. The predicted molar refractivity (Wildman–Crippen MR) is 58.3 cm³/mol. The molecule has 0 radical (unpaired) electrons. The lowest BCUT2D eigenvalue weighted by atomic mass is 9.91. The van der Waals surface area contributed by atoms with E-state index in [-0.39, 0.29) is 5.72 Å². The number of rotatable bonds is 1. The smallest absolute Gasteiger partial charge is 0.140 e. The first-order valence-corrected chi connectivity index (χ1v) is 5.92. The Hall–Kier alpha value is 0.0800. The molecule has 0 aromatic rings. The maximum Gasteiger partial charge on any atom is 0.140 e. The minimum absolute atomic E-state index is 0.0900. The Kier molecular flexibility index (Phi) is 3.25. The average molecular weight is 236 g/mol. The van der Waals surface area contributed by atoms with Gasteiger partial charge in [0.2, 0.25) is 0 Å². The molecule has 2 fully saturated rings. The van der Waals surface area contributed by atoms with Crippen molar-refractivity contribution in [3.05, 3.63) is 10.7 Å². The normalized spacial score (nSPS) is 25.4. The van der Waals surface area contributed by atoms with Crippen molar-refractivity contribution in [2.24, 2.45) is 0 Å². The molecule has 1 heterocycles. The highest BCUT2D eigenvalue weighted by Gasteiger charge is 2.41. The van der Waals surface area contributed by atoms with Gasteiger partial charge in [-0.2, -0.15) is 0 Å². The molecule has 1 aliphatic carbocycles. The van der Waals surface area contributed by atoms with E-state index in [1.54, 1.807) is 6.20 Å². The summed E-state index contributed by atoms with van der Waals surface area (Å²) in [5, 5.41) is 0. The summed E-state index contributed by atoms with van der Waals surface area (Å²) in [5.74, 6) is 0. The van der Waals surface area contributed by atoms with Gasteiger partial charge in [-0.1, -0.05) is 29.6 Å². The molecular formula is C10H15Cl2NO. The maximum absolute atomic E-state index is 5.86. The summed E-state index contributed by atoms with van der Waals surface area (Å²) < 4.78 is 6.18. The molecule has 1 saturated heterocycles. The quantitative estimate of drug-likeness (QED) is 0.692. The van der Waals surface area contributed by atoms with E-state index in [4.69, 9.17) is 27.9 Å². The maximum atomic E-state index is 5.86. The molecule has 80 valence electrons. The van der Waals surface area contributed by atoms with Crippen molar-refractivity contribution in [1.82, 2.24) is 4.90 Å². The van der Waals surface area contributed by atoms with E-state index >= 15 is 0 Å². The van der Waals surface area contributed by atoms with Crippen molar-refractivity contribution in [3.8, 4) is 0 Å².